The van der Waals surface area contributed by atoms with Crippen LogP contribution in [-0.2, 0) is 23.9 Å². The molecule has 0 saturated carbocycles. The summed E-state index contributed by atoms with van der Waals surface area (Å²) in [6.07, 6.45) is 2.83. The highest BCUT2D eigenvalue weighted by Crippen LogP contribution is 2.27. The van der Waals surface area contributed by atoms with E-state index in [1.165, 1.54) is 35.1 Å². The smallest absolute Gasteiger partial charge is 0.253 e. The molecule has 2 aliphatic heterocycles. The van der Waals surface area contributed by atoms with Crippen molar-refractivity contribution in [2.75, 3.05) is 43.6 Å². The van der Waals surface area contributed by atoms with Crippen molar-refractivity contribution < 1.29 is 28.2 Å². The normalized spacial score (nSPS) is 20.3. The average Bonchev–Trinajstić information content (AvgIpc) is 3.31. The zero-order chi connectivity index (χ0) is 25.8. The molecule has 2 saturated heterocycles. The molecule has 2 atom stereocenters. The molecular weight excluding hydrogens is 512 g/mol. The fourth-order valence-corrected chi connectivity index (χ4v) is 4.43. The number of carbonyl (C=O) groups excluding carboxylic acids is 3. The summed E-state index contributed by atoms with van der Waals surface area (Å²) in [5.41, 5.74) is 0.995. The van der Waals surface area contributed by atoms with Crippen LogP contribution in [0.15, 0.2) is 42.5 Å². The van der Waals surface area contributed by atoms with Crippen molar-refractivity contribution in [1.82, 2.24) is 4.90 Å². The lowest BCUT2D eigenvalue weighted by atomic mass is 10.1. The van der Waals surface area contributed by atoms with Gasteiger partial charge in [-0.15, -0.1) is 0 Å². The summed E-state index contributed by atoms with van der Waals surface area (Å²) in [6.45, 7) is 0.820. The minimum absolute atomic E-state index is 0.0518. The van der Waals surface area contributed by atoms with Crippen molar-refractivity contribution in [3.8, 4) is 0 Å². The number of ether oxygens (including phenoxy) is 2. The van der Waals surface area contributed by atoms with Crippen molar-refractivity contribution in [2.45, 2.75) is 18.6 Å². The van der Waals surface area contributed by atoms with E-state index in [9.17, 15) is 18.8 Å². The Labute approximate surface area is 217 Å². The molecule has 2 heterocycles. The summed E-state index contributed by atoms with van der Waals surface area (Å²) in [4.78, 5) is 40.8. The molecule has 36 heavy (non-hydrogen) atoms. The number of nitrogens with one attached hydrogen (secondary N) is 1. The maximum atomic E-state index is 14.8. The van der Waals surface area contributed by atoms with Crippen molar-refractivity contribution in [3.05, 3.63) is 63.9 Å². The molecule has 0 spiro atoms. The molecule has 11 heteroatoms. The lowest BCUT2D eigenvalue weighted by molar-refractivity contribution is -0.132. The Morgan fingerprint density at radius 3 is 2.69 bits per heavy atom. The highest BCUT2D eigenvalue weighted by atomic mass is 35.5. The fourth-order valence-electron chi connectivity index (χ4n) is 4.12. The Hall–Kier alpha value is -2.98. The zero-order valence-electron chi connectivity index (χ0n) is 19.4. The van der Waals surface area contributed by atoms with Gasteiger partial charge < -0.3 is 24.6 Å². The quantitative estimate of drug-likeness (QED) is 0.569. The number of hydrogen-bond acceptors (Lipinski definition) is 5. The highest BCUT2D eigenvalue weighted by molar-refractivity contribution is 6.42. The number of nitrogens with zero attached hydrogens (tertiary/aromatic N) is 2. The van der Waals surface area contributed by atoms with Gasteiger partial charge in [-0.05, 0) is 42.0 Å². The number of morpholine rings is 1. The van der Waals surface area contributed by atoms with Crippen LogP contribution >= 0.6 is 23.2 Å². The third-order valence-electron chi connectivity index (χ3n) is 6.05. The molecule has 0 aliphatic carbocycles. The molecule has 0 aromatic heterocycles. The summed E-state index contributed by atoms with van der Waals surface area (Å²) in [6, 6.07) is 8.23. The molecular formula is C25H24Cl2FN3O5. The lowest BCUT2D eigenvalue weighted by Gasteiger charge is -2.27. The zero-order valence-corrected chi connectivity index (χ0v) is 20.9. The third-order valence-corrected chi connectivity index (χ3v) is 6.79. The standard InChI is InChI=1S/C25H24Cl2FN3O5/c1-35-17-12-22(31(13-17)23(32)7-3-15-2-5-18(26)19(27)10-15)25(34)29-21-6-4-16(11-20(21)28)30-8-9-36-14-24(30)33/h2-7,10-11,17,22H,8-9,12-14H2,1H3,(H,29,34)/t17-,22-/m1/s1. The van der Waals surface area contributed by atoms with Gasteiger partial charge in [0, 0.05) is 38.4 Å². The monoisotopic (exact) mass is 535 g/mol. The lowest BCUT2D eigenvalue weighted by Crippen LogP contribution is -2.42. The Kier molecular flexibility index (Phi) is 8.25. The van der Waals surface area contributed by atoms with E-state index in [0.29, 0.717) is 34.4 Å². The van der Waals surface area contributed by atoms with Gasteiger partial charge in [0.1, 0.15) is 18.5 Å². The second-order valence-electron chi connectivity index (χ2n) is 8.36. The van der Waals surface area contributed by atoms with Gasteiger partial charge in [0.15, 0.2) is 0 Å². The first-order chi connectivity index (χ1) is 17.3. The van der Waals surface area contributed by atoms with Crippen LogP contribution in [-0.4, -0.2) is 68.2 Å². The van der Waals surface area contributed by atoms with Crippen molar-refractivity contribution in [2.24, 2.45) is 0 Å². The summed E-state index contributed by atoms with van der Waals surface area (Å²) >= 11 is 12.0. The van der Waals surface area contributed by atoms with E-state index in [2.05, 4.69) is 5.32 Å². The van der Waals surface area contributed by atoms with E-state index < -0.39 is 23.7 Å². The number of halogens is 3. The fraction of sp³-hybridized carbons (Fsp3) is 0.320. The molecule has 1 N–H and O–H groups in total. The minimum Gasteiger partial charge on any atom is -0.380 e. The minimum atomic E-state index is -0.860. The predicted molar refractivity (Wildman–Crippen MR) is 135 cm³/mol. The van der Waals surface area contributed by atoms with Crippen LogP contribution < -0.4 is 10.2 Å². The molecule has 0 bridgehead atoms. The van der Waals surface area contributed by atoms with Gasteiger partial charge in [0.2, 0.25) is 11.8 Å². The molecule has 0 unspecified atom stereocenters. The number of rotatable bonds is 6. The van der Waals surface area contributed by atoms with E-state index >= 15 is 0 Å². The SMILES string of the molecule is CO[C@@H]1C[C@H](C(=O)Nc2ccc(N3CCOCC3=O)cc2F)N(C(=O)C=Cc2ccc(Cl)c(Cl)c2)C1. The number of hydrogen-bond donors (Lipinski definition) is 1. The summed E-state index contributed by atoms with van der Waals surface area (Å²) < 4.78 is 25.3. The van der Waals surface area contributed by atoms with Crippen LogP contribution in [0, 0.1) is 5.82 Å². The molecule has 190 valence electrons. The van der Waals surface area contributed by atoms with Crippen LogP contribution in [0.1, 0.15) is 12.0 Å². The van der Waals surface area contributed by atoms with Crippen LogP contribution in [0.25, 0.3) is 6.08 Å². The summed E-state index contributed by atoms with van der Waals surface area (Å²) in [5.74, 6) is -1.90. The van der Waals surface area contributed by atoms with Crippen LogP contribution in [0.3, 0.4) is 0 Å². The number of anilines is 2. The van der Waals surface area contributed by atoms with E-state index in [1.54, 1.807) is 30.3 Å². The number of amides is 3. The maximum absolute atomic E-state index is 14.8. The van der Waals surface area contributed by atoms with E-state index in [4.69, 9.17) is 32.7 Å². The van der Waals surface area contributed by atoms with E-state index in [1.807, 2.05) is 0 Å². The molecule has 2 aromatic rings. The van der Waals surface area contributed by atoms with Gasteiger partial charge in [-0.2, -0.15) is 0 Å². The van der Waals surface area contributed by atoms with Crippen LogP contribution in [0.2, 0.25) is 10.0 Å². The Bertz CT molecular complexity index is 1210. The van der Waals surface area contributed by atoms with E-state index in [-0.39, 0.29) is 37.3 Å². The molecule has 3 amide bonds. The number of benzene rings is 2. The van der Waals surface area contributed by atoms with Gasteiger partial charge in [-0.1, -0.05) is 29.3 Å². The molecule has 4 rings (SSSR count). The van der Waals surface area contributed by atoms with Crippen LogP contribution in [0.4, 0.5) is 15.8 Å². The summed E-state index contributed by atoms with van der Waals surface area (Å²) in [5, 5.41) is 3.32. The second-order valence-corrected chi connectivity index (χ2v) is 9.17. The Morgan fingerprint density at radius 1 is 1.19 bits per heavy atom. The van der Waals surface area contributed by atoms with Crippen LogP contribution in [0.5, 0.6) is 0 Å². The average molecular weight is 536 g/mol. The Balaban J connectivity index is 1.47. The molecule has 8 nitrogen and oxygen atoms in total. The second kappa shape index (κ2) is 11.4. The largest absolute Gasteiger partial charge is 0.380 e. The predicted octanol–water partition coefficient (Wildman–Crippen LogP) is 3.76. The first-order valence-corrected chi connectivity index (χ1v) is 12.0. The van der Waals surface area contributed by atoms with Gasteiger partial charge in [-0.3, -0.25) is 14.4 Å². The highest BCUT2D eigenvalue weighted by Gasteiger charge is 2.39. The molecule has 2 aromatic carbocycles. The van der Waals surface area contributed by atoms with Gasteiger partial charge in [-0.25, -0.2) is 4.39 Å². The topological polar surface area (TPSA) is 88.2 Å². The number of likely N-dealkylation sites (tertiary alicyclic amines) is 1. The first-order valence-electron chi connectivity index (χ1n) is 11.2. The van der Waals surface area contributed by atoms with E-state index in [0.717, 1.165) is 0 Å². The molecule has 2 aliphatic rings. The Morgan fingerprint density at radius 2 is 2.00 bits per heavy atom. The maximum Gasteiger partial charge on any atom is 0.253 e. The number of methoxy groups -OCH3 is 1. The van der Waals surface area contributed by atoms with Crippen molar-refractivity contribution >= 4 is 58.4 Å². The van der Waals surface area contributed by atoms with Crippen molar-refractivity contribution in [3.63, 3.8) is 0 Å². The van der Waals surface area contributed by atoms with Gasteiger partial charge in [0.25, 0.3) is 5.91 Å². The molecule has 0 radical (unpaired) electrons. The van der Waals surface area contributed by atoms with Gasteiger partial charge >= 0.3 is 0 Å². The summed E-state index contributed by atoms with van der Waals surface area (Å²) in [7, 11) is 1.50. The third kappa shape index (κ3) is 5.87. The van der Waals surface area contributed by atoms with Crippen molar-refractivity contribution in [1.29, 1.82) is 0 Å². The first kappa shape index (κ1) is 26.1. The number of carbonyl (C=O) groups is 3. The molecule has 2 fully saturated rings. The van der Waals surface area contributed by atoms with Gasteiger partial charge in [0.05, 0.1) is 28.4 Å².